The van der Waals surface area contributed by atoms with Crippen LogP contribution >= 0.6 is 11.3 Å². The normalized spacial score (nSPS) is 10.4. The number of anilines is 1. The number of aromatic nitrogens is 1. The molecule has 5 heteroatoms. The summed E-state index contributed by atoms with van der Waals surface area (Å²) < 4.78 is 5.37. The molecule has 1 amide bonds. The number of carbonyl (C=O) groups excluding carboxylic acids is 1. The Morgan fingerprint density at radius 2 is 2.00 bits per heavy atom. The average Bonchev–Trinajstić information content (AvgIpc) is 2.78. The number of carbonyl (C=O) groups is 1. The van der Waals surface area contributed by atoms with E-state index < -0.39 is 0 Å². The fourth-order valence-corrected chi connectivity index (χ4v) is 2.82. The number of hydrogen-bond acceptors (Lipinski definition) is 4. The Hall–Kier alpha value is -1.88. The van der Waals surface area contributed by atoms with Gasteiger partial charge in [0.25, 0.3) is 0 Å². The highest BCUT2D eigenvalue weighted by molar-refractivity contribution is 7.11. The zero-order valence-electron chi connectivity index (χ0n) is 12.6. The van der Waals surface area contributed by atoms with Crippen molar-refractivity contribution in [1.82, 2.24) is 4.98 Å². The number of ether oxygens (including phenoxy) is 1. The first-order valence-corrected chi connectivity index (χ1v) is 7.85. The molecule has 1 aromatic heterocycles. The third kappa shape index (κ3) is 4.56. The standard InChI is InChI=1S/C16H20N2O2S/c1-4-20-14-7-5-13(6-8-14)18-15(19)9-10-16-17-11(2)12(3)21-16/h5-8H,4,9-10H2,1-3H3,(H,18,19). The Bertz CT molecular complexity index is 586. The van der Waals surface area contributed by atoms with Crippen LogP contribution in [0.15, 0.2) is 24.3 Å². The molecule has 4 nitrogen and oxygen atoms in total. The first-order valence-electron chi connectivity index (χ1n) is 7.04. The fourth-order valence-electron chi connectivity index (χ4n) is 1.89. The first kappa shape index (κ1) is 15.5. The molecule has 0 bridgehead atoms. The Kier molecular flexibility index (Phi) is 5.33. The number of benzene rings is 1. The molecule has 1 heterocycles. The van der Waals surface area contributed by atoms with Gasteiger partial charge in [0, 0.05) is 23.4 Å². The predicted octanol–water partition coefficient (Wildman–Crippen LogP) is 3.73. The van der Waals surface area contributed by atoms with Gasteiger partial charge in [0.05, 0.1) is 17.3 Å². The SMILES string of the molecule is CCOc1ccc(NC(=O)CCc2nc(C)c(C)s2)cc1. The minimum Gasteiger partial charge on any atom is -0.494 e. The lowest BCUT2D eigenvalue weighted by atomic mass is 10.2. The summed E-state index contributed by atoms with van der Waals surface area (Å²) in [7, 11) is 0. The second-order valence-electron chi connectivity index (χ2n) is 4.75. The Labute approximate surface area is 129 Å². The van der Waals surface area contributed by atoms with Crippen LogP contribution in [-0.4, -0.2) is 17.5 Å². The van der Waals surface area contributed by atoms with Crippen LogP contribution in [0.25, 0.3) is 0 Å². The van der Waals surface area contributed by atoms with Crippen LogP contribution in [0.3, 0.4) is 0 Å². The zero-order valence-corrected chi connectivity index (χ0v) is 13.4. The average molecular weight is 304 g/mol. The van der Waals surface area contributed by atoms with Gasteiger partial charge in [-0.1, -0.05) is 0 Å². The number of nitrogens with one attached hydrogen (secondary N) is 1. The van der Waals surface area contributed by atoms with Crippen molar-refractivity contribution in [2.75, 3.05) is 11.9 Å². The van der Waals surface area contributed by atoms with Crippen molar-refractivity contribution in [2.45, 2.75) is 33.6 Å². The number of amides is 1. The second-order valence-corrected chi connectivity index (χ2v) is 6.04. The van der Waals surface area contributed by atoms with Gasteiger partial charge in [-0.2, -0.15) is 0 Å². The Balaban J connectivity index is 1.83. The smallest absolute Gasteiger partial charge is 0.224 e. The van der Waals surface area contributed by atoms with Crippen LogP contribution in [0.5, 0.6) is 5.75 Å². The highest BCUT2D eigenvalue weighted by atomic mass is 32.1. The number of aryl methyl sites for hydroxylation is 3. The summed E-state index contributed by atoms with van der Waals surface area (Å²) in [5.74, 6) is 0.814. The van der Waals surface area contributed by atoms with E-state index in [1.165, 1.54) is 4.88 Å². The number of rotatable bonds is 6. The lowest BCUT2D eigenvalue weighted by Gasteiger charge is -2.06. The molecule has 0 fully saturated rings. The molecular formula is C16H20N2O2S. The predicted molar refractivity (Wildman–Crippen MR) is 86.1 cm³/mol. The van der Waals surface area contributed by atoms with Crippen molar-refractivity contribution < 1.29 is 9.53 Å². The van der Waals surface area contributed by atoms with E-state index in [2.05, 4.69) is 17.2 Å². The maximum atomic E-state index is 11.9. The molecule has 0 saturated carbocycles. The van der Waals surface area contributed by atoms with Gasteiger partial charge in [-0.05, 0) is 45.0 Å². The molecule has 0 unspecified atom stereocenters. The summed E-state index contributed by atoms with van der Waals surface area (Å²) >= 11 is 1.66. The van der Waals surface area contributed by atoms with Crippen molar-refractivity contribution in [2.24, 2.45) is 0 Å². The molecule has 0 radical (unpaired) electrons. The van der Waals surface area contributed by atoms with E-state index >= 15 is 0 Å². The lowest BCUT2D eigenvalue weighted by molar-refractivity contribution is -0.116. The minimum atomic E-state index is 0.00432. The van der Waals surface area contributed by atoms with Crippen molar-refractivity contribution in [3.8, 4) is 5.75 Å². The van der Waals surface area contributed by atoms with E-state index in [4.69, 9.17) is 4.74 Å². The second kappa shape index (κ2) is 7.22. The number of nitrogens with zero attached hydrogens (tertiary/aromatic N) is 1. The summed E-state index contributed by atoms with van der Waals surface area (Å²) in [5, 5.41) is 3.91. The van der Waals surface area contributed by atoms with Crippen LogP contribution in [0.4, 0.5) is 5.69 Å². The van der Waals surface area contributed by atoms with Gasteiger partial charge in [-0.15, -0.1) is 11.3 Å². The van der Waals surface area contributed by atoms with Gasteiger partial charge in [0.15, 0.2) is 0 Å². The molecule has 21 heavy (non-hydrogen) atoms. The zero-order chi connectivity index (χ0) is 15.2. The van der Waals surface area contributed by atoms with E-state index in [9.17, 15) is 4.79 Å². The quantitative estimate of drug-likeness (QED) is 0.884. The topological polar surface area (TPSA) is 51.2 Å². The molecule has 0 aliphatic heterocycles. The van der Waals surface area contributed by atoms with Crippen molar-refractivity contribution in [3.05, 3.63) is 39.8 Å². The summed E-state index contributed by atoms with van der Waals surface area (Å²) in [4.78, 5) is 17.6. The highest BCUT2D eigenvalue weighted by Gasteiger charge is 2.07. The lowest BCUT2D eigenvalue weighted by Crippen LogP contribution is -2.12. The highest BCUT2D eigenvalue weighted by Crippen LogP contribution is 2.19. The van der Waals surface area contributed by atoms with Crippen LogP contribution in [-0.2, 0) is 11.2 Å². The largest absolute Gasteiger partial charge is 0.494 e. The molecule has 1 N–H and O–H groups in total. The van der Waals surface area contributed by atoms with Crippen molar-refractivity contribution in [3.63, 3.8) is 0 Å². The van der Waals surface area contributed by atoms with Crippen LogP contribution < -0.4 is 10.1 Å². The summed E-state index contributed by atoms with van der Waals surface area (Å²) in [6.07, 6.45) is 1.13. The third-order valence-electron chi connectivity index (χ3n) is 3.09. The summed E-state index contributed by atoms with van der Waals surface area (Å²) in [5.41, 5.74) is 1.84. The van der Waals surface area contributed by atoms with Crippen molar-refractivity contribution in [1.29, 1.82) is 0 Å². The van der Waals surface area contributed by atoms with Gasteiger partial charge in [0.1, 0.15) is 5.75 Å². The van der Waals surface area contributed by atoms with Crippen molar-refractivity contribution >= 4 is 22.9 Å². The van der Waals surface area contributed by atoms with Gasteiger partial charge in [-0.3, -0.25) is 4.79 Å². The van der Waals surface area contributed by atoms with Gasteiger partial charge in [-0.25, -0.2) is 4.98 Å². The monoisotopic (exact) mass is 304 g/mol. The molecule has 0 spiro atoms. The van der Waals surface area contributed by atoms with E-state index in [0.29, 0.717) is 19.4 Å². The molecule has 0 aliphatic carbocycles. The third-order valence-corrected chi connectivity index (χ3v) is 4.22. The van der Waals surface area contributed by atoms with Crippen LogP contribution in [0.1, 0.15) is 28.9 Å². The maximum absolute atomic E-state index is 11.9. The summed E-state index contributed by atoms with van der Waals surface area (Å²) in [6, 6.07) is 7.40. The molecule has 2 rings (SSSR count). The molecule has 1 aromatic carbocycles. The Morgan fingerprint density at radius 1 is 1.29 bits per heavy atom. The van der Waals surface area contributed by atoms with Gasteiger partial charge >= 0.3 is 0 Å². The summed E-state index contributed by atoms with van der Waals surface area (Å²) in [6.45, 7) is 6.63. The minimum absolute atomic E-state index is 0.00432. The molecule has 112 valence electrons. The molecular weight excluding hydrogens is 284 g/mol. The molecule has 0 saturated heterocycles. The molecule has 0 aliphatic rings. The maximum Gasteiger partial charge on any atom is 0.224 e. The van der Waals surface area contributed by atoms with E-state index in [1.54, 1.807) is 11.3 Å². The van der Waals surface area contributed by atoms with Crippen LogP contribution in [0, 0.1) is 13.8 Å². The number of hydrogen-bond donors (Lipinski definition) is 1. The van der Waals surface area contributed by atoms with E-state index in [1.807, 2.05) is 38.1 Å². The van der Waals surface area contributed by atoms with Gasteiger partial charge in [0.2, 0.25) is 5.91 Å². The fraction of sp³-hybridized carbons (Fsp3) is 0.375. The van der Waals surface area contributed by atoms with Gasteiger partial charge < -0.3 is 10.1 Å². The van der Waals surface area contributed by atoms with E-state index in [-0.39, 0.29) is 5.91 Å². The van der Waals surface area contributed by atoms with Crippen LogP contribution in [0.2, 0.25) is 0 Å². The molecule has 0 atom stereocenters. The number of thiazole rings is 1. The molecule has 2 aromatic rings. The Morgan fingerprint density at radius 3 is 2.57 bits per heavy atom. The van der Waals surface area contributed by atoms with E-state index in [0.717, 1.165) is 22.1 Å². The first-order chi connectivity index (χ1) is 10.1.